The molecule has 1 N–H and O–H groups in total. The number of esters is 1. The first-order chi connectivity index (χ1) is 14.2. The maximum atomic E-state index is 12.8. The lowest BCUT2D eigenvalue weighted by atomic mass is 9.86. The Kier molecular flexibility index (Phi) is 4.16. The number of carbonyl (C=O) groups excluding carboxylic acids is 1. The molecule has 8 nitrogen and oxygen atoms in total. The van der Waals surface area contributed by atoms with E-state index < -0.39 is 12.1 Å². The second-order valence-electron chi connectivity index (χ2n) is 6.99. The molecule has 3 aliphatic heterocycles. The maximum Gasteiger partial charge on any atom is 0.343 e. The summed E-state index contributed by atoms with van der Waals surface area (Å²) in [5, 5.41) is 3.49. The summed E-state index contributed by atoms with van der Waals surface area (Å²) in [5.41, 5.74) is 3.14. The Labute approximate surface area is 167 Å². The number of methoxy groups -OCH3 is 3. The maximum absolute atomic E-state index is 12.8. The molecule has 2 aromatic rings. The van der Waals surface area contributed by atoms with E-state index in [1.807, 2.05) is 12.1 Å². The highest BCUT2D eigenvalue weighted by Gasteiger charge is 2.44. The molecule has 2 atom stereocenters. The average molecular weight is 399 g/mol. The number of nitrogens with one attached hydrogen (secondary N) is 1. The van der Waals surface area contributed by atoms with E-state index in [0.29, 0.717) is 34.3 Å². The molecule has 0 spiro atoms. The van der Waals surface area contributed by atoms with Gasteiger partial charge in [0.1, 0.15) is 11.7 Å². The van der Waals surface area contributed by atoms with E-state index in [1.165, 1.54) is 14.2 Å². The van der Waals surface area contributed by atoms with Gasteiger partial charge in [0.2, 0.25) is 12.5 Å². The van der Waals surface area contributed by atoms with E-state index in [9.17, 15) is 4.79 Å². The largest absolute Gasteiger partial charge is 0.493 e. The average Bonchev–Trinajstić information content (AvgIpc) is 3.35. The monoisotopic (exact) mass is 399 g/mol. The Morgan fingerprint density at radius 2 is 1.90 bits per heavy atom. The highest BCUT2D eigenvalue weighted by atomic mass is 16.7. The molecule has 0 aromatic heterocycles. The molecule has 29 heavy (non-hydrogen) atoms. The van der Waals surface area contributed by atoms with Gasteiger partial charge in [0.05, 0.1) is 27.4 Å². The molecule has 2 aromatic carbocycles. The van der Waals surface area contributed by atoms with Crippen molar-refractivity contribution in [2.75, 3.05) is 34.7 Å². The summed E-state index contributed by atoms with van der Waals surface area (Å²) in [5.74, 6) is 2.30. The van der Waals surface area contributed by atoms with Crippen LogP contribution in [0.15, 0.2) is 18.2 Å². The number of hydrogen-bond acceptors (Lipinski definition) is 8. The lowest BCUT2D eigenvalue weighted by Crippen LogP contribution is -2.34. The number of hydrogen-bond donors (Lipinski definition) is 1. The molecule has 8 heteroatoms. The van der Waals surface area contributed by atoms with Crippen molar-refractivity contribution in [3.05, 3.63) is 40.5 Å². The second kappa shape index (κ2) is 6.73. The molecule has 3 heterocycles. The van der Waals surface area contributed by atoms with Crippen LogP contribution in [0.5, 0.6) is 28.7 Å². The van der Waals surface area contributed by atoms with Crippen molar-refractivity contribution in [1.29, 1.82) is 0 Å². The molecular formula is C21H21NO7. The highest BCUT2D eigenvalue weighted by Crippen LogP contribution is 2.53. The van der Waals surface area contributed by atoms with Crippen LogP contribution in [0.2, 0.25) is 0 Å². The van der Waals surface area contributed by atoms with Crippen LogP contribution in [0.25, 0.3) is 0 Å². The van der Waals surface area contributed by atoms with E-state index in [0.717, 1.165) is 29.7 Å². The van der Waals surface area contributed by atoms with Crippen LogP contribution in [0.1, 0.15) is 39.2 Å². The van der Waals surface area contributed by atoms with E-state index >= 15 is 0 Å². The lowest BCUT2D eigenvalue weighted by Gasteiger charge is -2.32. The molecule has 0 saturated carbocycles. The molecular weight excluding hydrogens is 378 g/mol. The zero-order chi connectivity index (χ0) is 20.1. The molecule has 1 unspecified atom stereocenters. The van der Waals surface area contributed by atoms with Crippen LogP contribution in [0, 0.1) is 0 Å². The van der Waals surface area contributed by atoms with Gasteiger partial charge in [-0.15, -0.1) is 0 Å². The molecule has 0 aliphatic carbocycles. The van der Waals surface area contributed by atoms with Crippen molar-refractivity contribution in [2.24, 2.45) is 0 Å². The summed E-state index contributed by atoms with van der Waals surface area (Å²) in [7, 11) is 4.65. The van der Waals surface area contributed by atoms with Gasteiger partial charge >= 0.3 is 5.97 Å². The van der Waals surface area contributed by atoms with E-state index in [2.05, 4.69) is 5.32 Å². The van der Waals surface area contributed by atoms with Crippen molar-refractivity contribution < 1.29 is 33.2 Å². The van der Waals surface area contributed by atoms with E-state index in [4.69, 9.17) is 28.4 Å². The third-order valence-corrected chi connectivity index (χ3v) is 5.64. The molecule has 0 amide bonds. The summed E-state index contributed by atoms with van der Waals surface area (Å²) in [6, 6.07) is 5.32. The smallest absolute Gasteiger partial charge is 0.343 e. The van der Waals surface area contributed by atoms with Gasteiger partial charge < -0.3 is 33.7 Å². The van der Waals surface area contributed by atoms with Gasteiger partial charge in [0, 0.05) is 11.1 Å². The molecule has 0 saturated heterocycles. The van der Waals surface area contributed by atoms with Crippen molar-refractivity contribution in [2.45, 2.75) is 18.6 Å². The number of fused-ring (bicyclic) bond motifs is 3. The number of carbonyl (C=O) groups is 1. The van der Waals surface area contributed by atoms with Crippen LogP contribution in [0.3, 0.4) is 0 Å². The standard InChI is InChI=1S/C21H21NO7/c1-24-12-5-4-11-15(18(12)25-2)21(23)29-17(11)16-14-10(6-7-22-16)8-13-19(20(14)26-3)28-9-27-13/h4-5,8,16-17,22H,6-7,9H2,1-3H3/t16-,17?/m1/s1. The van der Waals surface area contributed by atoms with Crippen LogP contribution in [-0.2, 0) is 11.2 Å². The van der Waals surface area contributed by atoms with Gasteiger partial charge in [-0.1, -0.05) is 6.07 Å². The lowest BCUT2D eigenvalue weighted by molar-refractivity contribution is 0.0282. The minimum atomic E-state index is -0.536. The van der Waals surface area contributed by atoms with Gasteiger partial charge in [0.15, 0.2) is 23.0 Å². The predicted octanol–water partition coefficient (Wildman–Crippen LogP) is 2.54. The predicted molar refractivity (Wildman–Crippen MR) is 101 cm³/mol. The minimum Gasteiger partial charge on any atom is -0.493 e. The van der Waals surface area contributed by atoms with Gasteiger partial charge in [-0.2, -0.15) is 0 Å². The summed E-state index contributed by atoms with van der Waals surface area (Å²) < 4.78 is 33.5. The number of cyclic esters (lactones) is 1. The van der Waals surface area contributed by atoms with Crippen molar-refractivity contribution >= 4 is 5.97 Å². The van der Waals surface area contributed by atoms with Crippen molar-refractivity contribution in [3.63, 3.8) is 0 Å². The van der Waals surface area contributed by atoms with Gasteiger partial charge in [0.25, 0.3) is 0 Å². The first-order valence-electron chi connectivity index (χ1n) is 9.36. The zero-order valence-corrected chi connectivity index (χ0v) is 16.4. The SMILES string of the molecule is COc1ccc2c(c1OC)C(=O)OC2[C@@H]1NCCc2cc3c(c(OC)c21)OCO3. The first-order valence-corrected chi connectivity index (χ1v) is 9.36. The third kappa shape index (κ3) is 2.52. The van der Waals surface area contributed by atoms with Gasteiger partial charge in [-0.25, -0.2) is 4.79 Å². The normalized spacial score (nSPS) is 21.3. The van der Waals surface area contributed by atoms with Gasteiger partial charge in [-0.05, 0) is 30.7 Å². The Bertz CT molecular complexity index is 1000. The van der Waals surface area contributed by atoms with Crippen LogP contribution in [-0.4, -0.2) is 40.6 Å². The van der Waals surface area contributed by atoms with E-state index in [-0.39, 0.29) is 12.8 Å². The molecule has 3 aliphatic rings. The van der Waals surface area contributed by atoms with Crippen LogP contribution in [0.4, 0.5) is 0 Å². The minimum absolute atomic E-state index is 0.158. The Morgan fingerprint density at radius 3 is 2.66 bits per heavy atom. The van der Waals surface area contributed by atoms with E-state index in [1.54, 1.807) is 13.2 Å². The fraction of sp³-hybridized carbons (Fsp3) is 0.381. The molecule has 5 rings (SSSR count). The molecule has 0 bridgehead atoms. The molecule has 0 radical (unpaired) electrons. The van der Waals surface area contributed by atoms with Crippen molar-refractivity contribution in [1.82, 2.24) is 5.32 Å². The Hall–Kier alpha value is -3.13. The Balaban J connectivity index is 1.65. The first kappa shape index (κ1) is 17.9. The molecule has 0 fully saturated rings. The van der Waals surface area contributed by atoms with Crippen LogP contribution < -0.4 is 29.0 Å². The zero-order valence-electron chi connectivity index (χ0n) is 16.4. The Morgan fingerprint density at radius 1 is 1.07 bits per heavy atom. The van der Waals surface area contributed by atoms with Gasteiger partial charge in [-0.3, -0.25) is 0 Å². The quantitative estimate of drug-likeness (QED) is 0.786. The molecule has 152 valence electrons. The van der Waals surface area contributed by atoms with Crippen molar-refractivity contribution in [3.8, 4) is 28.7 Å². The summed E-state index contributed by atoms with van der Waals surface area (Å²) in [6.07, 6.45) is 0.267. The third-order valence-electron chi connectivity index (χ3n) is 5.64. The number of ether oxygens (including phenoxy) is 6. The summed E-state index contributed by atoms with van der Waals surface area (Å²) in [6.45, 7) is 0.891. The fourth-order valence-electron chi connectivity index (χ4n) is 4.43. The fourth-order valence-corrected chi connectivity index (χ4v) is 4.43. The summed E-state index contributed by atoms with van der Waals surface area (Å²) >= 11 is 0. The summed E-state index contributed by atoms with van der Waals surface area (Å²) in [4.78, 5) is 12.8. The van der Waals surface area contributed by atoms with Crippen LogP contribution >= 0.6 is 0 Å². The topological polar surface area (TPSA) is 84.5 Å². The number of benzene rings is 2. The number of rotatable bonds is 4. The second-order valence-corrected chi connectivity index (χ2v) is 6.99. The highest BCUT2D eigenvalue weighted by molar-refractivity contribution is 5.98.